The van der Waals surface area contributed by atoms with Crippen molar-refractivity contribution in [3.8, 4) is 0 Å². The van der Waals surface area contributed by atoms with Gasteiger partial charge in [-0.15, -0.1) is 0 Å². The molecule has 0 aromatic rings. The van der Waals surface area contributed by atoms with Crippen LogP contribution in [0.4, 0.5) is 0 Å². The van der Waals surface area contributed by atoms with Crippen LogP contribution in [0.5, 0.6) is 0 Å². The van der Waals surface area contributed by atoms with Crippen molar-refractivity contribution in [1.29, 1.82) is 0 Å². The molecular weight excluding hydrogens is 1220 g/mol. The van der Waals surface area contributed by atoms with Gasteiger partial charge in [0.25, 0.3) is 0 Å². The third-order valence-electron chi connectivity index (χ3n) is 17.6. The predicted molar refractivity (Wildman–Crippen MR) is 377 cm³/mol. The fourth-order valence-electron chi connectivity index (χ4n) is 11.3. The number of aliphatic hydroxyl groups excluding tert-OH is 1. The standard InChI is InChI=1S/C74H144O17P2/c1-7-10-12-14-16-18-20-22-26-29-33-37-44-50-56-71(76)84-62-69(90-73(78)59-53-47-39-35-31-27-23-25-28-32-36-42-48-54-66(4)5)64-88-92(80,81)86-60-68(75)61-87-93(82,83)89-65-70(63-85-72(77)57-51-45-41-40-43-49-55-67(6)9-3)91-74(79)58-52-46-38-34-30-24-21-19-17-15-13-11-8-2/h66-70,75H,7-65H2,1-6H3,(H,80,81)(H,82,83)/t67?,68-,69-,70-/m1/s1. The molecule has 0 aliphatic heterocycles. The summed E-state index contributed by atoms with van der Waals surface area (Å²) in [5, 5.41) is 10.6. The van der Waals surface area contributed by atoms with E-state index in [0.29, 0.717) is 25.7 Å². The highest BCUT2D eigenvalue weighted by Gasteiger charge is 2.30. The third-order valence-corrected chi connectivity index (χ3v) is 19.5. The topological polar surface area (TPSA) is 237 Å². The van der Waals surface area contributed by atoms with E-state index in [0.717, 1.165) is 108 Å². The number of unbranched alkanes of at least 4 members (excludes halogenated alkanes) is 42. The first-order valence-electron chi connectivity index (χ1n) is 38.5. The maximum atomic E-state index is 13.1. The Balaban J connectivity index is 5.26. The molecule has 0 saturated heterocycles. The number of rotatable bonds is 73. The van der Waals surface area contributed by atoms with Crippen LogP contribution >= 0.6 is 15.6 Å². The Bertz CT molecular complexity index is 1810. The molecular formula is C74H144O17P2. The lowest BCUT2D eigenvalue weighted by atomic mass is 10.00. The van der Waals surface area contributed by atoms with Gasteiger partial charge >= 0.3 is 39.5 Å². The zero-order chi connectivity index (χ0) is 68.6. The molecule has 0 aliphatic rings. The highest BCUT2D eigenvalue weighted by atomic mass is 31.2. The fourth-order valence-corrected chi connectivity index (χ4v) is 12.8. The summed E-state index contributed by atoms with van der Waals surface area (Å²) in [4.78, 5) is 72.7. The minimum Gasteiger partial charge on any atom is -0.462 e. The molecule has 0 bridgehead atoms. The Morgan fingerprint density at radius 2 is 0.548 bits per heavy atom. The molecule has 0 aromatic heterocycles. The first kappa shape index (κ1) is 91.1. The first-order valence-corrected chi connectivity index (χ1v) is 41.5. The monoisotopic (exact) mass is 1370 g/mol. The summed E-state index contributed by atoms with van der Waals surface area (Å²) in [7, 11) is -9.91. The Hall–Kier alpha value is -1.94. The van der Waals surface area contributed by atoms with Crippen LogP contribution in [-0.2, 0) is 65.4 Å². The molecule has 0 aliphatic carbocycles. The van der Waals surface area contributed by atoms with E-state index in [2.05, 4.69) is 41.5 Å². The number of aliphatic hydroxyl groups is 1. The quantitative estimate of drug-likeness (QED) is 0.0222. The lowest BCUT2D eigenvalue weighted by Gasteiger charge is -2.21. The molecule has 3 unspecified atom stereocenters. The summed E-state index contributed by atoms with van der Waals surface area (Å²) in [6.07, 6.45) is 52.6. The highest BCUT2D eigenvalue weighted by molar-refractivity contribution is 7.47. The average Bonchev–Trinajstić information content (AvgIpc) is 2.20. The van der Waals surface area contributed by atoms with E-state index < -0.39 is 97.5 Å². The SMILES string of the molecule is CCCCCCCCCCCCCCCCC(=O)OC[C@H](COP(=O)(O)OC[C@@H](O)COP(=O)(O)OC[C@@H](COC(=O)CCCCCCCCC(C)CC)OC(=O)CCCCCCCCCCCCCCC)OC(=O)CCCCCCCCCCCCCCCC(C)C. The number of phosphoric acid groups is 2. The van der Waals surface area contributed by atoms with Gasteiger partial charge < -0.3 is 33.8 Å². The lowest BCUT2D eigenvalue weighted by Crippen LogP contribution is -2.30. The molecule has 0 aromatic carbocycles. The smallest absolute Gasteiger partial charge is 0.462 e. The molecule has 0 radical (unpaired) electrons. The van der Waals surface area contributed by atoms with Gasteiger partial charge in [-0.1, -0.05) is 330 Å². The molecule has 0 heterocycles. The van der Waals surface area contributed by atoms with Crippen molar-refractivity contribution in [2.45, 2.75) is 400 Å². The second-order valence-corrected chi connectivity index (χ2v) is 30.3. The van der Waals surface area contributed by atoms with Gasteiger partial charge in [0.15, 0.2) is 12.2 Å². The van der Waals surface area contributed by atoms with E-state index in [-0.39, 0.29) is 25.7 Å². The van der Waals surface area contributed by atoms with Gasteiger partial charge in [0.05, 0.1) is 26.4 Å². The normalized spacial score (nSPS) is 14.3. The summed E-state index contributed by atoms with van der Waals surface area (Å²) in [5.41, 5.74) is 0. The van der Waals surface area contributed by atoms with Gasteiger partial charge in [0.2, 0.25) is 0 Å². The summed E-state index contributed by atoms with van der Waals surface area (Å²) in [6.45, 7) is 9.57. The molecule has 0 fully saturated rings. The van der Waals surface area contributed by atoms with Crippen LogP contribution in [-0.4, -0.2) is 96.7 Å². The lowest BCUT2D eigenvalue weighted by molar-refractivity contribution is -0.161. The van der Waals surface area contributed by atoms with Gasteiger partial charge in [-0.05, 0) is 37.5 Å². The molecule has 0 spiro atoms. The Kier molecular flexibility index (Phi) is 64.6. The van der Waals surface area contributed by atoms with Gasteiger partial charge in [0.1, 0.15) is 19.3 Å². The molecule has 552 valence electrons. The average molecular weight is 1370 g/mol. The van der Waals surface area contributed by atoms with E-state index in [1.54, 1.807) is 0 Å². The van der Waals surface area contributed by atoms with Gasteiger partial charge in [-0.2, -0.15) is 0 Å². The number of phosphoric ester groups is 2. The van der Waals surface area contributed by atoms with Crippen LogP contribution in [0.15, 0.2) is 0 Å². The van der Waals surface area contributed by atoms with E-state index in [4.69, 9.17) is 37.0 Å². The molecule has 19 heteroatoms. The van der Waals surface area contributed by atoms with Gasteiger partial charge in [0, 0.05) is 25.7 Å². The number of ether oxygens (including phenoxy) is 4. The van der Waals surface area contributed by atoms with Crippen LogP contribution in [0, 0.1) is 11.8 Å². The molecule has 3 N–H and O–H groups in total. The minimum absolute atomic E-state index is 0.107. The zero-order valence-electron chi connectivity index (χ0n) is 60.6. The van der Waals surface area contributed by atoms with E-state index in [1.165, 1.54) is 193 Å². The van der Waals surface area contributed by atoms with Gasteiger partial charge in [-0.25, -0.2) is 9.13 Å². The minimum atomic E-state index is -4.96. The van der Waals surface area contributed by atoms with Crippen molar-refractivity contribution in [3.63, 3.8) is 0 Å². The molecule has 17 nitrogen and oxygen atoms in total. The van der Waals surface area contributed by atoms with Crippen molar-refractivity contribution in [2.24, 2.45) is 11.8 Å². The van der Waals surface area contributed by atoms with Crippen LogP contribution in [0.2, 0.25) is 0 Å². The molecule has 6 atom stereocenters. The van der Waals surface area contributed by atoms with Crippen molar-refractivity contribution in [2.75, 3.05) is 39.6 Å². The van der Waals surface area contributed by atoms with Crippen LogP contribution in [0.3, 0.4) is 0 Å². The third kappa shape index (κ3) is 67.0. The van der Waals surface area contributed by atoms with Crippen molar-refractivity contribution in [1.82, 2.24) is 0 Å². The summed E-state index contributed by atoms with van der Waals surface area (Å²) in [5.74, 6) is -0.599. The maximum Gasteiger partial charge on any atom is 0.472 e. The second kappa shape index (κ2) is 66.0. The van der Waals surface area contributed by atoms with Gasteiger partial charge in [-0.3, -0.25) is 37.3 Å². The van der Waals surface area contributed by atoms with Crippen LogP contribution in [0.1, 0.15) is 382 Å². The summed E-state index contributed by atoms with van der Waals surface area (Å²) < 4.78 is 68.5. The second-order valence-electron chi connectivity index (χ2n) is 27.4. The number of carbonyl (C=O) groups is 4. The summed E-state index contributed by atoms with van der Waals surface area (Å²) >= 11 is 0. The van der Waals surface area contributed by atoms with Crippen LogP contribution < -0.4 is 0 Å². The number of carbonyl (C=O) groups excluding carboxylic acids is 4. The Morgan fingerprint density at radius 3 is 0.817 bits per heavy atom. The first-order chi connectivity index (χ1) is 44.9. The fraction of sp³-hybridized carbons (Fsp3) is 0.946. The Morgan fingerprint density at radius 1 is 0.312 bits per heavy atom. The van der Waals surface area contributed by atoms with E-state index >= 15 is 0 Å². The highest BCUT2D eigenvalue weighted by Crippen LogP contribution is 2.45. The van der Waals surface area contributed by atoms with Crippen molar-refractivity contribution in [3.05, 3.63) is 0 Å². The van der Waals surface area contributed by atoms with Crippen molar-refractivity contribution < 1.29 is 80.2 Å². The maximum absolute atomic E-state index is 13.1. The van der Waals surface area contributed by atoms with Crippen molar-refractivity contribution >= 4 is 39.5 Å². The number of hydrogen-bond donors (Lipinski definition) is 3. The molecule has 0 rings (SSSR count). The molecule has 0 saturated carbocycles. The number of hydrogen-bond acceptors (Lipinski definition) is 15. The zero-order valence-corrected chi connectivity index (χ0v) is 62.3. The predicted octanol–water partition coefficient (Wildman–Crippen LogP) is 21.6. The van der Waals surface area contributed by atoms with E-state index in [9.17, 15) is 43.2 Å². The molecule has 93 heavy (non-hydrogen) atoms. The molecule has 0 amide bonds. The largest absolute Gasteiger partial charge is 0.472 e. The van der Waals surface area contributed by atoms with Crippen LogP contribution in [0.25, 0.3) is 0 Å². The summed E-state index contributed by atoms with van der Waals surface area (Å²) in [6, 6.07) is 0. The Labute approximate surface area is 568 Å². The van der Waals surface area contributed by atoms with E-state index in [1.807, 2.05) is 0 Å². The number of esters is 4.